The minimum Gasteiger partial charge on any atom is -0.493 e. The zero-order valence-corrected chi connectivity index (χ0v) is 57.8. The lowest BCUT2D eigenvalue weighted by Gasteiger charge is -2.32. The molecule has 3 atom stereocenters. The van der Waals surface area contributed by atoms with Gasteiger partial charge in [0.1, 0.15) is 5.75 Å². The van der Waals surface area contributed by atoms with E-state index in [-0.39, 0.29) is 58.9 Å². The first-order chi connectivity index (χ1) is 41.7. The molecule has 4 aromatic rings. The van der Waals surface area contributed by atoms with E-state index in [1.54, 1.807) is 0 Å². The van der Waals surface area contributed by atoms with Gasteiger partial charge in [-0.05, 0) is 146 Å². The Labute approximate surface area is 540 Å². The molecule has 6 amide bonds. The van der Waals surface area contributed by atoms with Crippen molar-refractivity contribution in [2.75, 3.05) is 55.8 Å². The van der Waals surface area contributed by atoms with Gasteiger partial charge >= 0.3 is 36.1 Å². The first kappa shape index (κ1) is 78.5. The molecule has 0 radical (unpaired) electrons. The number of ether oxygens (including phenoxy) is 2. The normalized spacial score (nSPS) is 12.5. The van der Waals surface area contributed by atoms with Crippen molar-refractivity contribution in [1.82, 2.24) is 62.6 Å². The first-order valence-electron chi connectivity index (χ1n) is 30.9. The summed E-state index contributed by atoms with van der Waals surface area (Å²) >= 11 is 9.82. The van der Waals surface area contributed by atoms with Gasteiger partial charge in [0.05, 0.1) is 13.2 Å². The van der Waals surface area contributed by atoms with Crippen LogP contribution in [0.15, 0.2) is 53.1 Å². The van der Waals surface area contributed by atoms with Crippen molar-refractivity contribution in [1.29, 1.82) is 0 Å². The van der Waals surface area contributed by atoms with E-state index in [4.69, 9.17) is 39.9 Å². The fourth-order valence-electron chi connectivity index (χ4n) is 9.11. The fraction of sp³-hybridized carbons (Fsp3) is 0.717. The maximum atomic E-state index is 12.4. The van der Waals surface area contributed by atoms with Gasteiger partial charge in [-0.15, -0.1) is 0 Å². The number of hydrogen-bond donors (Lipinski definition) is 10. The molecule has 0 saturated heterocycles. The standard InChI is InChI=1S/C22H33N5O5S.C20H38ClN5O2.C18H34BrN5O3/c1-6-22(4,5)17-14-15(2)8-9-18(17)30-12-7-11-23-19(28)25-26-20-24-21(27-32-20)33-16(3)10-13-31-29;1-13(11-19(3,4)5)9-10-15(14(2)12-20(6,7)8)22-17(27)24-25-18-23-16(21)26-28-18;1-2-3-4-5-6-7-8-9-10-11-14-26-15-12-13-20-17(25)22-23-18-21-16(19)24-27-18/h8-9,14,29H,3,6-7,10-13H2,1-2,4-5H3,(H2,23,25,28)(H,24,26,27);13-15H,9-12H2,1-8H3,(H2,22,24,27)(H,23,25,26);2-15H2,1H3,(H2,20,22,25)(H,21,23,24). The number of aryl methyl sites for hydroxylation is 1. The number of halogens is 2. The molecule has 500 valence electrons. The number of thioether (sulfide) groups is 1. The number of amides is 6. The number of carbonyl (C=O) groups excluding carboxylic acids is 3. The van der Waals surface area contributed by atoms with E-state index in [1.807, 2.05) is 12.1 Å². The average molecular weight is 1340 g/mol. The lowest BCUT2D eigenvalue weighted by Crippen LogP contribution is -2.47. The number of nitrogens with one attached hydrogen (secondary N) is 9. The van der Waals surface area contributed by atoms with Crippen LogP contribution in [0.4, 0.5) is 32.4 Å². The Balaban J connectivity index is 0.000000453. The highest BCUT2D eigenvalue weighted by Gasteiger charge is 2.27. The largest absolute Gasteiger partial charge is 0.493 e. The number of hydrogen-bond acceptors (Lipinski definition) is 20. The number of benzene rings is 1. The summed E-state index contributed by atoms with van der Waals surface area (Å²) in [5, 5.41) is 27.9. The van der Waals surface area contributed by atoms with E-state index in [1.165, 1.54) is 87.1 Å². The number of nitrogens with zero attached hydrogens (tertiary/aromatic N) is 6. The van der Waals surface area contributed by atoms with Crippen molar-refractivity contribution in [2.24, 2.45) is 22.7 Å². The molecule has 0 aliphatic carbocycles. The molecule has 4 rings (SSSR count). The minimum atomic E-state index is -0.435. The number of aromatic nitrogens is 6. The second-order valence-electron chi connectivity index (χ2n) is 25.0. The Bertz CT molecular complexity index is 2540. The Kier molecular flexibility index (Phi) is 39.2. The van der Waals surface area contributed by atoms with Gasteiger partial charge in [-0.3, -0.25) is 5.26 Å². The summed E-state index contributed by atoms with van der Waals surface area (Å²) in [5.74, 6) is 1.84. The summed E-state index contributed by atoms with van der Waals surface area (Å²) in [7, 11) is 0. The third-order valence-corrected chi connectivity index (χ3v) is 15.0. The molecule has 3 heterocycles. The van der Waals surface area contributed by atoms with Crippen molar-refractivity contribution in [3.63, 3.8) is 0 Å². The lowest BCUT2D eigenvalue weighted by molar-refractivity contribution is -0.240. The van der Waals surface area contributed by atoms with Gasteiger partial charge < -0.3 is 39.0 Å². The number of carbonyl (C=O) groups is 3. The number of urea groups is 3. The van der Waals surface area contributed by atoms with Crippen molar-refractivity contribution in [2.45, 2.75) is 222 Å². The summed E-state index contributed by atoms with van der Waals surface area (Å²) in [5.41, 5.74) is 17.9. The monoisotopic (exact) mass is 1340 g/mol. The Morgan fingerprint density at radius 1 is 0.693 bits per heavy atom. The van der Waals surface area contributed by atoms with Crippen molar-refractivity contribution < 1.29 is 47.6 Å². The zero-order chi connectivity index (χ0) is 65.4. The van der Waals surface area contributed by atoms with Crippen LogP contribution in [0.1, 0.15) is 210 Å². The van der Waals surface area contributed by atoms with E-state index < -0.39 is 6.03 Å². The van der Waals surface area contributed by atoms with Gasteiger partial charge in [-0.2, -0.15) is 15.0 Å². The molecule has 0 fully saturated rings. The highest BCUT2D eigenvalue weighted by molar-refractivity contribution is 9.10. The highest BCUT2D eigenvalue weighted by Crippen LogP contribution is 2.35. The molecule has 3 aromatic heterocycles. The van der Waals surface area contributed by atoms with E-state index in [0.717, 1.165) is 50.9 Å². The summed E-state index contributed by atoms with van der Waals surface area (Å²) in [6, 6.07) is 5.37. The quantitative estimate of drug-likeness (QED) is 0.00856. The van der Waals surface area contributed by atoms with Gasteiger partial charge in [0.15, 0.2) is 0 Å². The molecule has 88 heavy (non-hydrogen) atoms. The van der Waals surface area contributed by atoms with Crippen molar-refractivity contribution in [3.05, 3.63) is 50.8 Å². The van der Waals surface area contributed by atoms with E-state index in [0.29, 0.717) is 71.2 Å². The average Bonchev–Trinajstić information content (AvgIpc) is 1.86. The second kappa shape index (κ2) is 44.0. The van der Waals surface area contributed by atoms with Crippen LogP contribution in [0.2, 0.25) is 5.28 Å². The van der Waals surface area contributed by atoms with Gasteiger partial charge in [0, 0.05) is 38.8 Å². The Hall–Kier alpha value is -5.61. The Morgan fingerprint density at radius 3 is 1.80 bits per heavy atom. The van der Waals surface area contributed by atoms with Crippen LogP contribution in [0.25, 0.3) is 0 Å². The molecule has 0 aliphatic rings. The van der Waals surface area contributed by atoms with Crippen LogP contribution in [-0.4, -0.2) is 99.3 Å². The molecule has 0 spiro atoms. The fourth-order valence-corrected chi connectivity index (χ4v) is 10.1. The molecule has 10 N–H and O–H groups in total. The predicted octanol–water partition coefficient (Wildman–Crippen LogP) is 15.1. The predicted molar refractivity (Wildman–Crippen MR) is 351 cm³/mol. The summed E-state index contributed by atoms with van der Waals surface area (Å²) in [6.45, 7) is 35.7. The number of rotatable bonds is 40. The van der Waals surface area contributed by atoms with E-state index in [2.05, 4.69) is 202 Å². The first-order valence-corrected chi connectivity index (χ1v) is 32.9. The molecule has 0 saturated carbocycles. The highest BCUT2D eigenvalue weighted by atomic mass is 79.9. The van der Waals surface area contributed by atoms with E-state index in [9.17, 15) is 14.4 Å². The third-order valence-electron chi connectivity index (χ3n) is 13.6. The Morgan fingerprint density at radius 2 is 1.24 bits per heavy atom. The maximum Gasteiger partial charge on any atom is 0.341 e. The van der Waals surface area contributed by atoms with Crippen molar-refractivity contribution >= 4 is 75.4 Å². The second-order valence-corrected chi connectivity index (χ2v) is 27.2. The molecule has 0 aliphatic heterocycles. The van der Waals surface area contributed by atoms with Gasteiger partial charge in [0.2, 0.25) is 9.89 Å². The number of anilines is 3. The number of hydrazine groups is 3. The van der Waals surface area contributed by atoms with Crippen LogP contribution in [0.3, 0.4) is 0 Å². The zero-order valence-electron chi connectivity index (χ0n) is 54.6. The van der Waals surface area contributed by atoms with Gasteiger partial charge in [0.25, 0.3) is 5.28 Å². The topological polar surface area (TPSA) is 324 Å². The summed E-state index contributed by atoms with van der Waals surface area (Å²) < 4.78 is 26.5. The van der Waals surface area contributed by atoms with Crippen LogP contribution in [-0.2, 0) is 15.0 Å². The van der Waals surface area contributed by atoms with Gasteiger partial charge in [-0.25, -0.2) is 51.8 Å². The molecule has 1 aromatic carbocycles. The molecule has 3 unspecified atom stereocenters. The third kappa shape index (κ3) is 38.7. The van der Waals surface area contributed by atoms with Crippen molar-refractivity contribution in [3.8, 4) is 5.75 Å². The van der Waals surface area contributed by atoms with Crippen LogP contribution in [0, 0.1) is 29.6 Å². The summed E-state index contributed by atoms with van der Waals surface area (Å²) in [6.07, 6.45) is 20.3. The molecular formula is C60H105BrClN15O10S. The van der Waals surface area contributed by atoms with Crippen LogP contribution in [0.5, 0.6) is 5.75 Å². The molecular weight excluding hydrogens is 1240 g/mol. The number of unbranched alkanes of at least 4 members (excludes halogenated alkanes) is 9. The minimum absolute atomic E-state index is 0.0192. The maximum absolute atomic E-state index is 12.4. The molecule has 25 nitrogen and oxygen atoms in total. The molecule has 28 heteroatoms. The van der Waals surface area contributed by atoms with E-state index >= 15 is 0 Å². The summed E-state index contributed by atoms with van der Waals surface area (Å²) in [4.78, 5) is 52.2. The smallest absolute Gasteiger partial charge is 0.341 e. The van der Waals surface area contributed by atoms with Gasteiger partial charge in [-0.1, -0.05) is 177 Å². The van der Waals surface area contributed by atoms with Crippen LogP contribution >= 0.6 is 39.3 Å². The SMILES string of the molecule is C=C(CCOO)Sc1noc(NNC(=O)NCCCOc2ccc(C)cc2C(C)(C)CC)n1.CC(CCC(NC(=O)NNc1nc(Cl)no1)C(C)CC(C)(C)C)CC(C)(C)C.CCCCCCCCCCCCOCCCNC(=O)NNc1nc(Br)no1. The lowest BCUT2D eigenvalue weighted by atomic mass is 9.79. The molecule has 0 bridgehead atoms. The van der Waals surface area contributed by atoms with Crippen LogP contribution < -0.4 is 53.2 Å².